The molecule has 0 radical (unpaired) electrons. The molecule has 0 unspecified atom stereocenters. The highest BCUT2D eigenvalue weighted by atomic mass is 32.2. The minimum absolute atomic E-state index is 0.00951. The largest absolute Gasteiger partial charge is 0.508 e. The molecular weight excluding hydrogens is 568 g/mol. The number of ether oxygens (including phenoxy) is 4. The topological polar surface area (TPSA) is 125 Å². The van der Waals surface area contributed by atoms with Gasteiger partial charge in [-0.1, -0.05) is 0 Å². The van der Waals surface area contributed by atoms with Gasteiger partial charge in [0.25, 0.3) is 0 Å². The summed E-state index contributed by atoms with van der Waals surface area (Å²) < 4.78 is 73.2. The summed E-state index contributed by atoms with van der Waals surface area (Å²) in [6, 6.07) is 23.9. The molecule has 216 valence electrons. The van der Waals surface area contributed by atoms with Gasteiger partial charge in [-0.2, -0.15) is 0 Å². The van der Waals surface area contributed by atoms with Gasteiger partial charge in [0, 0.05) is 0 Å². The number of hydrogen-bond donors (Lipinski definition) is 1. The molecule has 1 N–H and O–H groups in total. The molecule has 0 amide bonds. The van der Waals surface area contributed by atoms with Crippen molar-refractivity contribution in [1.82, 2.24) is 0 Å². The fourth-order valence-corrected chi connectivity index (χ4v) is 6.27. The van der Waals surface area contributed by atoms with E-state index in [4.69, 9.17) is 18.9 Å². The van der Waals surface area contributed by atoms with Gasteiger partial charge in [-0.25, -0.2) is 16.8 Å². The second kappa shape index (κ2) is 13.5. The molecule has 0 atom stereocenters. The van der Waals surface area contributed by atoms with Crippen LogP contribution < -0.4 is 14.2 Å². The highest BCUT2D eigenvalue weighted by Crippen LogP contribution is 2.26. The average molecular weight is 599 g/mol. The lowest BCUT2D eigenvalue weighted by Crippen LogP contribution is -2.12. The van der Waals surface area contributed by atoms with Crippen molar-refractivity contribution >= 4 is 19.7 Å². The molecule has 0 saturated carbocycles. The van der Waals surface area contributed by atoms with Crippen molar-refractivity contribution in [2.24, 2.45) is 0 Å². The molecule has 4 rings (SSSR count). The van der Waals surface area contributed by atoms with Gasteiger partial charge in [0.2, 0.25) is 19.7 Å². The van der Waals surface area contributed by atoms with Crippen LogP contribution in [-0.2, 0) is 24.4 Å². The van der Waals surface area contributed by atoms with Crippen LogP contribution in [0.5, 0.6) is 23.0 Å². The summed E-state index contributed by atoms with van der Waals surface area (Å²) in [5, 5.41) is 9.37. The Morgan fingerprint density at radius 3 is 1.15 bits per heavy atom. The van der Waals surface area contributed by atoms with E-state index in [2.05, 4.69) is 0 Å². The van der Waals surface area contributed by atoms with Crippen molar-refractivity contribution in [3.8, 4) is 23.0 Å². The zero-order chi connectivity index (χ0) is 29.3. The van der Waals surface area contributed by atoms with Gasteiger partial charge in [0.05, 0.1) is 39.4 Å². The number of sulfone groups is 2. The predicted molar refractivity (Wildman–Crippen MR) is 151 cm³/mol. The number of phenolic OH excluding ortho intramolecular Hbond substituents is 1. The Labute approximate surface area is 239 Å². The van der Waals surface area contributed by atoms with Crippen LogP contribution in [0, 0.1) is 0 Å². The Bertz CT molecular complexity index is 1610. The van der Waals surface area contributed by atoms with Crippen molar-refractivity contribution in [2.45, 2.75) is 26.5 Å². The lowest BCUT2D eigenvalue weighted by molar-refractivity contribution is 0.0764. The molecule has 0 heterocycles. The van der Waals surface area contributed by atoms with Crippen molar-refractivity contribution < 1.29 is 40.9 Å². The normalized spacial score (nSPS) is 11.6. The first-order valence-electron chi connectivity index (χ1n) is 12.8. The molecule has 0 aliphatic rings. The van der Waals surface area contributed by atoms with Gasteiger partial charge < -0.3 is 24.1 Å². The van der Waals surface area contributed by atoms with Crippen LogP contribution in [0.2, 0.25) is 0 Å². The highest BCUT2D eigenvalue weighted by Gasteiger charge is 2.18. The van der Waals surface area contributed by atoms with Crippen molar-refractivity contribution in [3.63, 3.8) is 0 Å². The van der Waals surface area contributed by atoms with E-state index in [1.807, 2.05) is 6.92 Å². The van der Waals surface area contributed by atoms with E-state index >= 15 is 0 Å². The van der Waals surface area contributed by atoms with Gasteiger partial charge in [0.15, 0.2) is 0 Å². The summed E-state index contributed by atoms with van der Waals surface area (Å²) in [5.41, 5.74) is 0. The Kier molecular flexibility index (Phi) is 9.87. The summed E-state index contributed by atoms with van der Waals surface area (Å²) in [5.74, 6) is 1.61. The van der Waals surface area contributed by atoms with E-state index in [1.54, 1.807) is 36.4 Å². The summed E-state index contributed by atoms with van der Waals surface area (Å²) in [6.07, 6.45) is 0. The Morgan fingerprint density at radius 1 is 0.488 bits per heavy atom. The monoisotopic (exact) mass is 598 g/mol. The van der Waals surface area contributed by atoms with E-state index in [1.165, 1.54) is 60.7 Å². The first kappa shape index (κ1) is 29.9. The van der Waals surface area contributed by atoms with Crippen LogP contribution >= 0.6 is 0 Å². The second-order valence-electron chi connectivity index (χ2n) is 8.66. The molecule has 0 fully saturated rings. The molecule has 11 heteroatoms. The fraction of sp³-hybridized carbons (Fsp3) is 0.200. The number of rotatable bonds is 14. The maximum Gasteiger partial charge on any atom is 0.206 e. The molecule has 0 bridgehead atoms. The minimum atomic E-state index is -3.70. The maximum absolute atomic E-state index is 12.9. The first-order chi connectivity index (χ1) is 19.7. The third-order valence-corrected chi connectivity index (χ3v) is 9.42. The quantitative estimate of drug-likeness (QED) is 0.201. The van der Waals surface area contributed by atoms with Crippen LogP contribution in [0.4, 0.5) is 0 Å². The molecule has 0 aromatic heterocycles. The van der Waals surface area contributed by atoms with Crippen molar-refractivity contribution in [3.05, 3.63) is 97.1 Å². The molecule has 0 spiro atoms. The summed E-state index contributed by atoms with van der Waals surface area (Å²) in [4.78, 5) is 0.545. The number of phenols is 1. The fourth-order valence-electron chi connectivity index (χ4n) is 3.75. The van der Waals surface area contributed by atoms with Crippen molar-refractivity contribution in [2.75, 3.05) is 33.0 Å². The van der Waals surface area contributed by atoms with E-state index < -0.39 is 19.7 Å². The second-order valence-corrected chi connectivity index (χ2v) is 12.6. The van der Waals surface area contributed by atoms with Crippen LogP contribution in [-0.4, -0.2) is 55.0 Å². The molecular formula is C30H30O9S2. The third kappa shape index (κ3) is 7.78. The van der Waals surface area contributed by atoms with Crippen LogP contribution in [0.1, 0.15) is 6.92 Å². The Hall–Kier alpha value is -4.06. The molecule has 41 heavy (non-hydrogen) atoms. The number of benzene rings is 4. The molecule has 0 saturated heterocycles. The van der Waals surface area contributed by atoms with Crippen LogP contribution in [0.15, 0.2) is 117 Å². The number of hydrogen-bond acceptors (Lipinski definition) is 9. The van der Waals surface area contributed by atoms with Crippen LogP contribution in [0.3, 0.4) is 0 Å². The van der Waals surface area contributed by atoms with Gasteiger partial charge >= 0.3 is 0 Å². The lowest BCUT2D eigenvalue weighted by Gasteiger charge is -2.10. The predicted octanol–water partition coefficient (Wildman–Crippen LogP) is 4.93. The summed E-state index contributed by atoms with van der Waals surface area (Å²) in [6.45, 7) is 3.45. The minimum Gasteiger partial charge on any atom is -0.508 e. The van der Waals surface area contributed by atoms with E-state index in [9.17, 15) is 21.9 Å². The summed E-state index contributed by atoms with van der Waals surface area (Å²) in [7, 11) is -7.35. The molecule has 0 aliphatic carbocycles. The molecule has 0 aliphatic heterocycles. The Morgan fingerprint density at radius 2 is 0.805 bits per heavy atom. The Balaban J connectivity index is 1.17. The summed E-state index contributed by atoms with van der Waals surface area (Å²) >= 11 is 0. The average Bonchev–Trinajstić information content (AvgIpc) is 2.98. The van der Waals surface area contributed by atoms with Gasteiger partial charge in [-0.15, -0.1) is 0 Å². The van der Waals surface area contributed by atoms with Gasteiger partial charge in [-0.05, 0) is 104 Å². The SMILES string of the molecule is CCOc1ccc(S(=O)(=O)c2ccc(OCCOCCOc3ccc(S(=O)(=O)c4ccc(O)cc4)cc3)cc2)cc1. The number of aromatic hydroxyl groups is 1. The van der Waals surface area contributed by atoms with E-state index in [0.717, 1.165) is 0 Å². The third-order valence-electron chi connectivity index (χ3n) is 5.85. The standard InChI is InChI=1S/C30H30O9S2/c1-2-37-24-5-13-28(14-6-24)41(34,35)30-17-9-26(10-18-30)39-22-20-36-19-21-38-25-7-15-29(16-8-25)40(32,33)27-11-3-23(31)4-12-27/h3-18,31H,2,19-22H2,1H3. The molecule has 4 aromatic rings. The first-order valence-corrected chi connectivity index (χ1v) is 15.7. The van der Waals surface area contributed by atoms with Crippen LogP contribution in [0.25, 0.3) is 0 Å². The highest BCUT2D eigenvalue weighted by molar-refractivity contribution is 7.91. The molecule has 4 aromatic carbocycles. The zero-order valence-electron chi connectivity index (χ0n) is 22.3. The van der Waals surface area contributed by atoms with E-state index in [-0.39, 0.29) is 45.2 Å². The smallest absolute Gasteiger partial charge is 0.206 e. The van der Waals surface area contributed by atoms with Gasteiger partial charge in [-0.3, -0.25) is 0 Å². The van der Waals surface area contributed by atoms with Crippen molar-refractivity contribution in [1.29, 1.82) is 0 Å². The molecule has 9 nitrogen and oxygen atoms in total. The maximum atomic E-state index is 12.9. The zero-order valence-corrected chi connectivity index (χ0v) is 23.9. The lowest BCUT2D eigenvalue weighted by atomic mass is 10.3. The van der Waals surface area contributed by atoms with Gasteiger partial charge in [0.1, 0.15) is 36.2 Å². The van der Waals surface area contributed by atoms with E-state index in [0.29, 0.717) is 30.5 Å².